The van der Waals surface area contributed by atoms with Crippen LogP contribution in [0.25, 0.3) is 6.08 Å². The van der Waals surface area contributed by atoms with Crippen molar-refractivity contribution in [2.24, 2.45) is 0 Å². The summed E-state index contributed by atoms with van der Waals surface area (Å²) in [6.07, 6.45) is 1.26. The lowest BCUT2D eigenvalue weighted by molar-refractivity contribution is -0.112. The van der Waals surface area contributed by atoms with Gasteiger partial charge < -0.3 is 19.5 Å². The number of nitriles is 1. The average molecular weight is 374 g/mol. The molecule has 0 heterocycles. The smallest absolute Gasteiger partial charge is 0.387 e. The van der Waals surface area contributed by atoms with E-state index in [9.17, 15) is 18.8 Å². The normalized spacial score (nSPS) is 10.9. The third-order valence-corrected chi connectivity index (χ3v) is 3.41. The molecule has 0 spiro atoms. The molecule has 0 aliphatic rings. The number of halogens is 2. The van der Waals surface area contributed by atoms with Crippen LogP contribution in [0.1, 0.15) is 5.56 Å². The van der Waals surface area contributed by atoms with Gasteiger partial charge in [0.15, 0.2) is 11.5 Å². The third kappa shape index (κ3) is 5.44. The van der Waals surface area contributed by atoms with Crippen LogP contribution < -0.4 is 19.5 Å². The second-order valence-electron chi connectivity index (χ2n) is 5.14. The summed E-state index contributed by atoms with van der Waals surface area (Å²) in [6, 6.07) is 12.6. The molecule has 0 saturated carbocycles. The zero-order valence-corrected chi connectivity index (χ0v) is 14.5. The molecular formula is C19H16F2N2O4. The van der Waals surface area contributed by atoms with Gasteiger partial charge >= 0.3 is 6.61 Å². The van der Waals surface area contributed by atoms with E-state index in [1.54, 1.807) is 30.3 Å². The third-order valence-electron chi connectivity index (χ3n) is 3.41. The van der Waals surface area contributed by atoms with Crippen molar-refractivity contribution >= 4 is 17.7 Å². The highest BCUT2D eigenvalue weighted by atomic mass is 19.3. The number of benzene rings is 2. The Morgan fingerprint density at radius 1 is 1.15 bits per heavy atom. The molecular weight excluding hydrogens is 358 g/mol. The largest absolute Gasteiger partial charge is 0.497 e. The van der Waals surface area contributed by atoms with Gasteiger partial charge in [0.25, 0.3) is 5.91 Å². The van der Waals surface area contributed by atoms with Gasteiger partial charge in [-0.05, 0) is 35.9 Å². The Kier molecular flexibility index (Phi) is 6.72. The van der Waals surface area contributed by atoms with Gasteiger partial charge in [-0.3, -0.25) is 4.79 Å². The van der Waals surface area contributed by atoms with Crippen molar-refractivity contribution in [3.63, 3.8) is 0 Å². The second-order valence-corrected chi connectivity index (χ2v) is 5.14. The summed E-state index contributed by atoms with van der Waals surface area (Å²) in [5.41, 5.74) is 0.548. The Bertz CT molecular complexity index is 892. The van der Waals surface area contributed by atoms with E-state index in [-0.39, 0.29) is 17.1 Å². The van der Waals surface area contributed by atoms with Crippen LogP contribution in [0, 0.1) is 11.3 Å². The van der Waals surface area contributed by atoms with E-state index in [2.05, 4.69) is 10.1 Å². The lowest BCUT2D eigenvalue weighted by atomic mass is 10.1. The summed E-state index contributed by atoms with van der Waals surface area (Å²) in [5.74, 6) is -0.212. The quantitative estimate of drug-likeness (QED) is 0.588. The molecule has 140 valence electrons. The standard InChI is InChI=1S/C19H16F2N2O4/c1-25-15-5-3-4-14(10-15)23-18(24)13(11-22)8-12-6-7-16(26-2)17(9-12)27-19(20)21/h3-10,19H,1-2H3,(H,23,24)/b13-8-. The Balaban J connectivity index is 2.26. The van der Waals surface area contributed by atoms with Crippen LogP contribution >= 0.6 is 0 Å². The molecule has 2 aromatic rings. The SMILES string of the molecule is COc1cccc(NC(=O)/C(C#N)=C\c2ccc(OC)c(OC(F)F)c2)c1. The molecule has 0 fully saturated rings. The van der Waals surface area contributed by atoms with Crippen molar-refractivity contribution in [2.75, 3.05) is 19.5 Å². The molecule has 27 heavy (non-hydrogen) atoms. The molecule has 1 amide bonds. The van der Waals surface area contributed by atoms with E-state index in [0.717, 1.165) is 0 Å². The van der Waals surface area contributed by atoms with Gasteiger partial charge in [0, 0.05) is 11.8 Å². The van der Waals surface area contributed by atoms with Gasteiger partial charge in [-0.15, -0.1) is 0 Å². The van der Waals surface area contributed by atoms with Crippen molar-refractivity contribution in [2.45, 2.75) is 6.61 Å². The van der Waals surface area contributed by atoms with Crippen LogP contribution in [-0.4, -0.2) is 26.7 Å². The summed E-state index contributed by atoms with van der Waals surface area (Å²) < 4.78 is 39.4. The number of alkyl halides is 2. The molecule has 6 nitrogen and oxygen atoms in total. The molecule has 0 unspecified atom stereocenters. The number of methoxy groups -OCH3 is 2. The molecule has 0 saturated heterocycles. The Morgan fingerprint density at radius 2 is 1.93 bits per heavy atom. The van der Waals surface area contributed by atoms with Gasteiger partial charge in [-0.1, -0.05) is 12.1 Å². The van der Waals surface area contributed by atoms with E-state index < -0.39 is 12.5 Å². The second kappa shape index (κ2) is 9.20. The number of rotatable bonds is 7. The minimum absolute atomic E-state index is 0.104. The summed E-state index contributed by atoms with van der Waals surface area (Å²) in [4.78, 5) is 12.3. The van der Waals surface area contributed by atoms with Crippen LogP contribution in [0.15, 0.2) is 48.0 Å². The molecule has 1 N–H and O–H groups in total. The minimum Gasteiger partial charge on any atom is -0.497 e. The maximum absolute atomic E-state index is 12.5. The zero-order chi connectivity index (χ0) is 19.8. The molecule has 0 radical (unpaired) electrons. The molecule has 2 rings (SSSR count). The molecule has 8 heteroatoms. The van der Waals surface area contributed by atoms with E-state index in [0.29, 0.717) is 17.0 Å². The van der Waals surface area contributed by atoms with E-state index in [4.69, 9.17) is 9.47 Å². The van der Waals surface area contributed by atoms with E-state index in [1.165, 1.54) is 38.5 Å². The van der Waals surface area contributed by atoms with Gasteiger partial charge in [0.05, 0.1) is 14.2 Å². The fourth-order valence-corrected chi connectivity index (χ4v) is 2.19. The number of nitrogens with zero attached hydrogens (tertiary/aromatic N) is 1. The van der Waals surface area contributed by atoms with Crippen molar-refractivity contribution in [3.8, 4) is 23.3 Å². The number of anilines is 1. The van der Waals surface area contributed by atoms with Gasteiger partial charge in [-0.25, -0.2) is 0 Å². The highest BCUT2D eigenvalue weighted by molar-refractivity contribution is 6.09. The monoisotopic (exact) mass is 374 g/mol. The highest BCUT2D eigenvalue weighted by Crippen LogP contribution is 2.30. The van der Waals surface area contributed by atoms with Crippen molar-refractivity contribution in [1.29, 1.82) is 5.26 Å². The van der Waals surface area contributed by atoms with Crippen LogP contribution in [0.2, 0.25) is 0 Å². The number of ether oxygens (including phenoxy) is 3. The number of hydrogen-bond donors (Lipinski definition) is 1. The summed E-state index contributed by atoms with van der Waals surface area (Å²) in [5, 5.41) is 11.8. The van der Waals surface area contributed by atoms with Gasteiger partial charge in [0.2, 0.25) is 0 Å². The zero-order valence-electron chi connectivity index (χ0n) is 14.5. The Labute approximate surface area is 154 Å². The first-order valence-electron chi connectivity index (χ1n) is 7.67. The summed E-state index contributed by atoms with van der Waals surface area (Å²) in [6.45, 7) is -3.04. The van der Waals surface area contributed by atoms with Crippen molar-refractivity contribution in [3.05, 3.63) is 53.6 Å². The number of nitrogens with one attached hydrogen (secondary N) is 1. The van der Waals surface area contributed by atoms with Crippen LogP contribution in [0.5, 0.6) is 17.2 Å². The van der Waals surface area contributed by atoms with Crippen molar-refractivity contribution < 1.29 is 27.8 Å². The molecule has 0 aliphatic carbocycles. The van der Waals surface area contributed by atoms with Crippen LogP contribution in [0.3, 0.4) is 0 Å². The first-order chi connectivity index (χ1) is 13.0. The van der Waals surface area contributed by atoms with Gasteiger partial charge in [-0.2, -0.15) is 14.0 Å². The minimum atomic E-state index is -3.04. The highest BCUT2D eigenvalue weighted by Gasteiger charge is 2.13. The Hall–Kier alpha value is -3.60. The topological polar surface area (TPSA) is 80.6 Å². The lowest BCUT2D eigenvalue weighted by Gasteiger charge is -2.10. The average Bonchev–Trinajstić information content (AvgIpc) is 2.65. The number of carbonyl (C=O) groups is 1. The number of carbonyl (C=O) groups excluding carboxylic acids is 1. The predicted octanol–water partition coefficient (Wildman–Crippen LogP) is 3.85. The number of hydrogen-bond acceptors (Lipinski definition) is 5. The molecule has 0 atom stereocenters. The first-order valence-corrected chi connectivity index (χ1v) is 7.67. The van der Waals surface area contributed by atoms with Gasteiger partial charge in [0.1, 0.15) is 17.4 Å². The lowest BCUT2D eigenvalue weighted by Crippen LogP contribution is -2.13. The molecule has 0 bridgehead atoms. The predicted molar refractivity (Wildman–Crippen MR) is 94.8 cm³/mol. The summed E-state index contributed by atoms with van der Waals surface area (Å²) >= 11 is 0. The fraction of sp³-hybridized carbons (Fsp3) is 0.158. The molecule has 2 aromatic carbocycles. The fourth-order valence-electron chi connectivity index (χ4n) is 2.19. The van der Waals surface area contributed by atoms with E-state index in [1.807, 2.05) is 0 Å². The van der Waals surface area contributed by atoms with Crippen molar-refractivity contribution in [1.82, 2.24) is 0 Å². The maximum Gasteiger partial charge on any atom is 0.387 e. The van der Waals surface area contributed by atoms with Crippen LogP contribution in [-0.2, 0) is 4.79 Å². The first kappa shape index (κ1) is 19.7. The maximum atomic E-state index is 12.5. The van der Waals surface area contributed by atoms with Crippen LogP contribution in [0.4, 0.5) is 14.5 Å². The number of amides is 1. The molecule has 0 aromatic heterocycles. The van der Waals surface area contributed by atoms with E-state index >= 15 is 0 Å². The Morgan fingerprint density at radius 3 is 2.56 bits per heavy atom. The summed E-state index contributed by atoms with van der Waals surface area (Å²) in [7, 11) is 2.80. The molecule has 0 aliphatic heterocycles.